The van der Waals surface area contributed by atoms with Gasteiger partial charge in [0.05, 0.1) is 0 Å². The van der Waals surface area contributed by atoms with E-state index in [1.807, 2.05) is 0 Å². The van der Waals surface area contributed by atoms with Crippen molar-refractivity contribution < 1.29 is 0 Å². The highest BCUT2D eigenvalue weighted by Crippen LogP contribution is 2.34. The fourth-order valence-electron chi connectivity index (χ4n) is 3.85. The van der Waals surface area contributed by atoms with Crippen molar-refractivity contribution in [3.63, 3.8) is 0 Å². The molecule has 0 amide bonds. The van der Waals surface area contributed by atoms with E-state index in [1.165, 1.54) is 24.1 Å². The summed E-state index contributed by atoms with van der Waals surface area (Å²) in [6.45, 7) is 11.3. The van der Waals surface area contributed by atoms with Gasteiger partial charge in [-0.3, -0.25) is 0 Å². The minimum atomic E-state index is 0.354. The van der Waals surface area contributed by atoms with E-state index in [4.69, 9.17) is 5.73 Å². The molecule has 0 saturated heterocycles. The van der Waals surface area contributed by atoms with Gasteiger partial charge in [0.2, 0.25) is 0 Å². The molecule has 2 nitrogen and oxygen atoms in total. The number of benzene rings is 1. The Hall–Kier alpha value is -1.02. The Bertz CT molecular complexity index is 417. The zero-order chi connectivity index (χ0) is 14.7. The SMILES string of the molecule is CCN(CC1C(C)CC(C)CC1N)c1ccccc1C. The van der Waals surface area contributed by atoms with Crippen LogP contribution in [0.25, 0.3) is 0 Å². The number of rotatable bonds is 4. The standard InChI is InChI=1S/C18H30N2/c1-5-20(18-9-7-6-8-14(18)3)12-16-15(4)10-13(2)11-17(16)19/h6-9,13,15-17H,5,10-12,19H2,1-4H3. The van der Waals surface area contributed by atoms with Gasteiger partial charge in [-0.15, -0.1) is 0 Å². The first kappa shape index (κ1) is 15.4. The smallest absolute Gasteiger partial charge is 0.0395 e. The van der Waals surface area contributed by atoms with Gasteiger partial charge in [-0.25, -0.2) is 0 Å². The maximum absolute atomic E-state index is 6.45. The molecule has 0 radical (unpaired) electrons. The second kappa shape index (κ2) is 6.62. The van der Waals surface area contributed by atoms with Crippen molar-refractivity contribution in [3.05, 3.63) is 29.8 Å². The number of aryl methyl sites for hydroxylation is 1. The number of nitrogens with two attached hydrogens (primary N) is 1. The van der Waals surface area contributed by atoms with Gasteiger partial charge in [-0.2, -0.15) is 0 Å². The normalized spacial score (nSPS) is 30.2. The third-order valence-corrected chi connectivity index (χ3v) is 5.00. The summed E-state index contributed by atoms with van der Waals surface area (Å²) in [6.07, 6.45) is 2.50. The molecule has 112 valence electrons. The molecule has 1 aromatic carbocycles. The van der Waals surface area contributed by atoms with Gasteiger partial charge < -0.3 is 10.6 Å². The van der Waals surface area contributed by atoms with E-state index < -0.39 is 0 Å². The molecule has 2 rings (SSSR count). The molecule has 0 bridgehead atoms. The molecular weight excluding hydrogens is 244 g/mol. The summed E-state index contributed by atoms with van der Waals surface area (Å²) >= 11 is 0. The number of nitrogens with zero attached hydrogens (tertiary/aromatic N) is 1. The lowest BCUT2D eigenvalue weighted by atomic mass is 9.72. The molecule has 2 N–H and O–H groups in total. The van der Waals surface area contributed by atoms with Crippen LogP contribution in [-0.2, 0) is 0 Å². The predicted molar refractivity (Wildman–Crippen MR) is 88.1 cm³/mol. The molecule has 0 aromatic heterocycles. The number of hydrogen-bond acceptors (Lipinski definition) is 2. The lowest BCUT2D eigenvalue weighted by molar-refractivity contribution is 0.177. The van der Waals surface area contributed by atoms with Crippen LogP contribution >= 0.6 is 0 Å². The van der Waals surface area contributed by atoms with Crippen LogP contribution in [-0.4, -0.2) is 19.1 Å². The fourth-order valence-corrected chi connectivity index (χ4v) is 3.85. The van der Waals surface area contributed by atoms with Gasteiger partial charge in [0.15, 0.2) is 0 Å². The Balaban J connectivity index is 2.12. The third kappa shape index (κ3) is 3.35. The topological polar surface area (TPSA) is 29.3 Å². The van der Waals surface area contributed by atoms with Crippen molar-refractivity contribution in [3.8, 4) is 0 Å². The van der Waals surface area contributed by atoms with Gasteiger partial charge in [0, 0.05) is 24.8 Å². The average molecular weight is 274 g/mol. The van der Waals surface area contributed by atoms with Crippen LogP contribution in [0.2, 0.25) is 0 Å². The Morgan fingerprint density at radius 1 is 1.20 bits per heavy atom. The predicted octanol–water partition coefficient (Wildman–Crippen LogP) is 3.83. The number of para-hydroxylation sites is 1. The molecule has 1 saturated carbocycles. The van der Waals surface area contributed by atoms with Gasteiger partial charge in [0.25, 0.3) is 0 Å². The first-order valence-corrected chi connectivity index (χ1v) is 8.09. The molecule has 1 aliphatic carbocycles. The first-order valence-electron chi connectivity index (χ1n) is 8.09. The van der Waals surface area contributed by atoms with E-state index in [0.29, 0.717) is 12.0 Å². The number of hydrogen-bond donors (Lipinski definition) is 1. The fraction of sp³-hybridized carbons (Fsp3) is 0.667. The van der Waals surface area contributed by atoms with Gasteiger partial charge in [-0.1, -0.05) is 32.0 Å². The molecule has 1 aromatic rings. The van der Waals surface area contributed by atoms with E-state index in [2.05, 4.69) is 56.9 Å². The Labute approximate surface area is 124 Å². The highest BCUT2D eigenvalue weighted by atomic mass is 15.1. The van der Waals surface area contributed by atoms with Gasteiger partial charge in [0.1, 0.15) is 0 Å². The van der Waals surface area contributed by atoms with Crippen LogP contribution < -0.4 is 10.6 Å². The molecule has 0 aliphatic heterocycles. The highest BCUT2D eigenvalue weighted by molar-refractivity contribution is 5.52. The van der Waals surface area contributed by atoms with Crippen LogP contribution in [0.4, 0.5) is 5.69 Å². The molecule has 1 fully saturated rings. The minimum absolute atomic E-state index is 0.354. The van der Waals surface area contributed by atoms with Crippen LogP contribution in [0.1, 0.15) is 39.2 Å². The Kier molecular flexibility index (Phi) is 5.09. The van der Waals surface area contributed by atoms with E-state index in [-0.39, 0.29) is 0 Å². The summed E-state index contributed by atoms with van der Waals surface area (Å²) in [7, 11) is 0. The lowest BCUT2D eigenvalue weighted by Gasteiger charge is -2.41. The monoisotopic (exact) mass is 274 g/mol. The summed E-state index contributed by atoms with van der Waals surface area (Å²) in [4.78, 5) is 2.51. The average Bonchev–Trinajstić information content (AvgIpc) is 2.39. The Morgan fingerprint density at radius 2 is 1.90 bits per heavy atom. The summed E-state index contributed by atoms with van der Waals surface area (Å²) in [5, 5.41) is 0. The summed E-state index contributed by atoms with van der Waals surface area (Å²) in [6, 6.07) is 9.04. The molecule has 0 heterocycles. The minimum Gasteiger partial charge on any atom is -0.371 e. The first-order chi connectivity index (χ1) is 9.52. The van der Waals surface area contributed by atoms with Crippen LogP contribution in [0.15, 0.2) is 24.3 Å². The van der Waals surface area contributed by atoms with E-state index in [9.17, 15) is 0 Å². The van der Waals surface area contributed by atoms with E-state index >= 15 is 0 Å². The third-order valence-electron chi connectivity index (χ3n) is 5.00. The quantitative estimate of drug-likeness (QED) is 0.904. The second-order valence-corrected chi connectivity index (χ2v) is 6.71. The maximum atomic E-state index is 6.45. The molecular formula is C18H30N2. The van der Waals surface area contributed by atoms with Crippen molar-refractivity contribution in [2.45, 2.75) is 46.6 Å². The van der Waals surface area contributed by atoms with Crippen molar-refractivity contribution in [1.82, 2.24) is 0 Å². The number of anilines is 1. The molecule has 0 spiro atoms. The van der Waals surface area contributed by atoms with E-state index in [1.54, 1.807) is 0 Å². The molecule has 20 heavy (non-hydrogen) atoms. The molecule has 1 aliphatic rings. The van der Waals surface area contributed by atoms with Gasteiger partial charge in [-0.05, 0) is 56.1 Å². The highest BCUT2D eigenvalue weighted by Gasteiger charge is 2.32. The summed E-state index contributed by atoms with van der Waals surface area (Å²) in [5.41, 5.74) is 9.18. The van der Waals surface area contributed by atoms with Crippen LogP contribution in [0, 0.1) is 24.7 Å². The second-order valence-electron chi connectivity index (χ2n) is 6.71. The van der Waals surface area contributed by atoms with Crippen LogP contribution in [0.3, 0.4) is 0 Å². The van der Waals surface area contributed by atoms with Gasteiger partial charge >= 0.3 is 0 Å². The maximum Gasteiger partial charge on any atom is 0.0395 e. The largest absolute Gasteiger partial charge is 0.371 e. The van der Waals surface area contributed by atoms with Crippen molar-refractivity contribution in [1.29, 1.82) is 0 Å². The zero-order valence-electron chi connectivity index (χ0n) is 13.5. The molecule has 4 atom stereocenters. The summed E-state index contributed by atoms with van der Waals surface area (Å²) < 4.78 is 0. The molecule has 4 unspecified atom stereocenters. The van der Waals surface area contributed by atoms with Crippen molar-refractivity contribution >= 4 is 5.69 Å². The van der Waals surface area contributed by atoms with Crippen LogP contribution in [0.5, 0.6) is 0 Å². The zero-order valence-corrected chi connectivity index (χ0v) is 13.5. The summed E-state index contributed by atoms with van der Waals surface area (Å²) in [5.74, 6) is 2.13. The Morgan fingerprint density at radius 3 is 2.50 bits per heavy atom. The molecule has 2 heteroatoms. The lowest BCUT2D eigenvalue weighted by Crippen LogP contribution is -2.46. The van der Waals surface area contributed by atoms with E-state index in [0.717, 1.165) is 24.9 Å². The van der Waals surface area contributed by atoms with Crippen molar-refractivity contribution in [2.75, 3.05) is 18.0 Å². The van der Waals surface area contributed by atoms with Crippen molar-refractivity contribution in [2.24, 2.45) is 23.5 Å².